The molecule has 0 atom stereocenters. The van der Waals surface area contributed by atoms with E-state index in [2.05, 4.69) is 35.5 Å². The number of hydrogen-bond donors (Lipinski definition) is 1. The van der Waals surface area contributed by atoms with E-state index in [-0.39, 0.29) is 5.91 Å². The quantitative estimate of drug-likeness (QED) is 0.787. The molecule has 0 aliphatic heterocycles. The highest BCUT2D eigenvalue weighted by atomic mass is 16.2. The minimum Gasteiger partial charge on any atom is -0.375 e. The summed E-state index contributed by atoms with van der Waals surface area (Å²) in [5.74, 6) is -0.0658. The van der Waals surface area contributed by atoms with Crippen molar-refractivity contribution < 1.29 is 4.79 Å². The van der Waals surface area contributed by atoms with Crippen LogP contribution < -0.4 is 10.2 Å². The van der Waals surface area contributed by atoms with Gasteiger partial charge in [0.2, 0.25) is 5.91 Å². The van der Waals surface area contributed by atoms with Gasteiger partial charge in [0.15, 0.2) is 0 Å². The fourth-order valence-corrected chi connectivity index (χ4v) is 3.02. The molecule has 1 N–H and O–H groups in total. The summed E-state index contributed by atoms with van der Waals surface area (Å²) in [6.45, 7) is 1.62. The van der Waals surface area contributed by atoms with Crippen molar-refractivity contribution in [2.45, 2.75) is 38.5 Å². The molecule has 1 aliphatic rings. The molecule has 22 heavy (non-hydrogen) atoms. The highest BCUT2D eigenvalue weighted by Crippen LogP contribution is 2.37. The summed E-state index contributed by atoms with van der Waals surface area (Å²) < 4.78 is 0. The average Bonchev–Trinajstić information content (AvgIpc) is 3.05. The molecule has 0 aromatic heterocycles. The second kappa shape index (κ2) is 7.84. The van der Waals surface area contributed by atoms with Gasteiger partial charge in [0.05, 0.1) is 6.07 Å². The van der Waals surface area contributed by atoms with Gasteiger partial charge in [-0.3, -0.25) is 4.79 Å². The van der Waals surface area contributed by atoms with Gasteiger partial charge in [-0.1, -0.05) is 31.0 Å². The Morgan fingerprint density at radius 1 is 1.27 bits per heavy atom. The summed E-state index contributed by atoms with van der Waals surface area (Å²) in [5, 5.41) is 12.2. The van der Waals surface area contributed by atoms with E-state index in [1.54, 1.807) is 0 Å². The molecular weight excluding hydrogens is 274 g/mol. The predicted octanol–water partition coefficient (Wildman–Crippen LogP) is 3.10. The third kappa shape index (κ3) is 4.00. The Hall–Kier alpha value is -2.02. The van der Waals surface area contributed by atoms with E-state index >= 15 is 0 Å². The second-order valence-corrected chi connectivity index (χ2v) is 6.12. The van der Waals surface area contributed by atoms with Crippen LogP contribution in [0.1, 0.15) is 38.5 Å². The van der Waals surface area contributed by atoms with Crippen molar-refractivity contribution in [3.05, 3.63) is 30.3 Å². The molecule has 4 nitrogen and oxygen atoms in total. The lowest BCUT2D eigenvalue weighted by Crippen LogP contribution is -2.38. The Kier molecular flexibility index (Phi) is 5.83. The van der Waals surface area contributed by atoms with Crippen molar-refractivity contribution in [2.24, 2.45) is 5.41 Å². The van der Waals surface area contributed by atoms with E-state index in [4.69, 9.17) is 0 Å². The van der Waals surface area contributed by atoms with Crippen LogP contribution in [0.2, 0.25) is 0 Å². The lowest BCUT2D eigenvalue weighted by molar-refractivity contribution is -0.127. The monoisotopic (exact) mass is 299 g/mol. The van der Waals surface area contributed by atoms with Crippen molar-refractivity contribution in [1.82, 2.24) is 5.32 Å². The molecule has 0 radical (unpaired) electrons. The van der Waals surface area contributed by atoms with Crippen LogP contribution >= 0.6 is 0 Å². The van der Waals surface area contributed by atoms with Crippen molar-refractivity contribution >= 4 is 11.6 Å². The van der Waals surface area contributed by atoms with E-state index in [1.165, 1.54) is 5.69 Å². The van der Waals surface area contributed by atoms with E-state index in [0.717, 1.165) is 32.2 Å². The molecule has 1 fully saturated rings. The number of carbonyl (C=O) groups excluding carboxylic acids is 1. The number of amides is 1. The Morgan fingerprint density at radius 3 is 2.59 bits per heavy atom. The SMILES string of the molecule is CN(CCCCNC(=O)C1(C#N)CCCC1)c1ccccc1. The number of unbranched alkanes of at least 4 members (excludes halogenated alkanes) is 1. The van der Waals surface area contributed by atoms with E-state index < -0.39 is 5.41 Å². The van der Waals surface area contributed by atoms with E-state index in [9.17, 15) is 10.1 Å². The van der Waals surface area contributed by atoms with Gasteiger partial charge in [-0.25, -0.2) is 0 Å². The maximum absolute atomic E-state index is 12.2. The summed E-state index contributed by atoms with van der Waals surface area (Å²) in [5.41, 5.74) is 0.460. The molecule has 2 rings (SSSR count). The molecule has 118 valence electrons. The summed E-state index contributed by atoms with van der Waals surface area (Å²) in [6.07, 6.45) is 5.36. The number of anilines is 1. The van der Waals surface area contributed by atoms with Crippen molar-refractivity contribution in [2.75, 3.05) is 25.0 Å². The molecule has 0 unspecified atom stereocenters. The molecule has 1 saturated carbocycles. The number of benzene rings is 1. The Labute approximate surface area is 133 Å². The lowest BCUT2D eigenvalue weighted by Gasteiger charge is -2.20. The third-order valence-electron chi connectivity index (χ3n) is 4.51. The molecule has 4 heteroatoms. The maximum Gasteiger partial charge on any atom is 0.240 e. The Bertz CT molecular complexity index is 515. The predicted molar refractivity (Wildman–Crippen MR) is 88.5 cm³/mol. The van der Waals surface area contributed by atoms with Gasteiger partial charge in [-0.15, -0.1) is 0 Å². The van der Waals surface area contributed by atoms with Gasteiger partial charge in [0.1, 0.15) is 5.41 Å². The highest BCUT2D eigenvalue weighted by molar-refractivity contribution is 5.85. The summed E-state index contributed by atoms with van der Waals surface area (Å²) in [4.78, 5) is 14.4. The van der Waals surface area contributed by atoms with Gasteiger partial charge < -0.3 is 10.2 Å². The topological polar surface area (TPSA) is 56.1 Å². The van der Waals surface area contributed by atoms with Crippen LogP contribution in [0, 0.1) is 16.7 Å². The minimum atomic E-state index is -0.749. The lowest BCUT2D eigenvalue weighted by atomic mass is 9.87. The third-order valence-corrected chi connectivity index (χ3v) is 4.51. The zero-order chi connectivity index (χ0) is 15.8. The largest absolute Gasteiger partial charge is 0.375 e. The molecule has 1 amide bonds. The first kappa shape index (κ1) is 16.4. The van der Waals surface area contributed by atoms with E-state index in [0.29, 0.717) is 19.4 Å². The maximum atomic E-state index is 12.2. The smallest absolute Gasteiger partial charge is 0.240 e. The fourth-order valence-electron chi connectivity index (χ4n) is 3.02. The van der Waals surface area contributed by atoms with Crippen LogP contribution in [0.5, 0.6) is 0 Å². The van der Waals surface area contributed by atoms with Crippen LogP contribution in [0.25, 0.3) is 0 Å². The van der Waals surface area contributed by atoms with Crippen LogP contribution in [0.15, 0.2) is 30.3 Å². The van der Waals surface area contributed by atoms with Gasteiger partial charge in [-0.05, 0) is 37.8 Å². The summed E-state index contributed by atoms with van der Waals surface area (Å²) in [6, 6.07) is 12.5. The number of nitrogens with one attached hydrogen (secondary N) is 1. The number of hydrogen-bond acceptors (Lipinski definition) is 3. The van der Waals surface area contributed by atoms with Crippen LogP contribution in [0.3, 0.4) is 0 Å². The van der Waals surface area contributed by atoms with Crippen molar-refractivity contribution in [1.29, 1.82) is 5.26 Å². The number of rotatable bonds is 7. The van der Waals surface area contributed by atoms with Crippen molar-refractivity contribution in [3.8, 4) is 6.07 Å². The van der Waals surface area contributed by atoms with Gasteiger partial charge in [-0.2, -0.15) is 5.26 Å². The Morgan fingerprint density at radius 2 is 1.95 bits per heavy atom. The van der Waals surface area contributed by atoms with Gasteiger partial charge in [0.25, 0.3) is 0 Å². The molecule has 1 aromatic carbocycles. The average molecular weight is 299 g/mol. The molecule has 1 aliphatic carbocycles. The first-order chi connectivity index (χ1) is 10.7. The van der Waals surface area contributed by atoms with Crippen LogP contribution in [-0.2, 0) is 4.79 Å². The minimum absolute atomic E-state index is 0.0658. The molecule has 0 heterocycles. The fraction of sp³-hybridized carbons (Fsp3) is 0.556. The van der Waals surface area contributed by atoms with Gasteiger partial charge in [0, 0.05) is 25.8 Å². The molecule has 0 bridgehead atoms. The zero-order valence-corrected chi connectivity index (χ0v) is 13.3. The molecular formula is C18H25N3O. The number of nitriles is 1. The second-order valence-electron chi connectivity index (χ2n) is 6.12. The zero-order valence-electron chi connectivity index (χ0n) is 13.3. The first-order valence-electron chi connectivity index (χ1n) is 8.14. The van der Waals surface area contributed by atoms with Crippen molar-refractivity contribution in [3.63, 3.8) is 0 Å². The molecule has 1 aromatic rings. The number of carbonyl (C=O) groups is 1. The summed E-state index contributed by atoms with van der Waals surface area (Å²) in [7, 11) is 2.08. The molecule has 0 spiro atoms. The Balaban J connectivity index is 1.65. The molecule has 0 saturated heterocycles. The number of para-hydroxylation sites is 1. The van der Waals surface area contributed by atoms with Crippen LogP contribution in [0.4, 0.5) is 5.69 Å². The summed E-state index contributed by atoms with van der Waals surface area (Å²) >= 11 is 0. The highest BCUT2D eigenvalue weighted by Gasteiger charge is 2.41. The standard InChI is InChI=1S/C18H25N3O/c1-21(16-9-3-2-4-10-16)14-8-7-13-20-17(22)18(15-19)11-5-6-12-18/h2-4,9-10H,5-8,11-14H2,1H3,(H,20,22). The van der Waals surface area contributed by atoms with Crippen LogP contribution in [-0.4, -0.2) is 26.0 Å². The van der Waals surface area contributed by atoms with Gasteiger partial charge >= 0.3 is 0 Å². The normalized spacial score (nSPS) is 16.0. The first-order valence-corrected chi connectivity index (χ1v) is 8.14. The number of nitrogens with zero attached hydrogens (tertiary/aromatic N) is 2. The van der Waals surface area contributed by atoms with E-state index in [1.807, 2.05) is 18.2 Å².